The first-order valence-corrected chi connectivity index (χ1v) is 20.7. The second-order valence-electron chi connectivity index (χ2n) is 15.6. The van der Waals surface area contributed by atoms with Crippen molar-refractivity contribution < 1.29 is 13.2 Å². The Morgan fingerprint density at radius 3 is 1.40 bits per heavy atom. The quantitative estimate of drug-likeness (QED) is 0.146. The lowest BCUT2D eigenvalue weighted by Gasteiger charge is -2.28. The molecule has 0 unspecified atom stereocenters. The highest BCUT2D eigenvalue weighted by atomic mass is 19.4. The van der Waals surface area contributed by atoms with Gasteiger partial charge in [0.25, 0.3) is 0 Å². The average molecular weight is 807 g/mol. The number of benzene rings is 10. The molecule has 11 aromatic rings. The van der Waals surface area contributed by atoms with Gasteiger partial charge in [0, 0.05) is 27.8 Å². The lowest BCUT2D eigenvalue weighted by molar-refractivity contribution is -0.137. The smallest absolute Gasteiger partial charge is 0.310 e. The van der Waals surface area contributed by atoms with Crippen molar-refractivity contribution in [3.05, 3.63) is 230 Å². The molecule has 0 amide bonds. The van der Waals surface area contributed by atoms with E-state index in [0.29, 0.717) is 11.4 Å². The van der Waals surface area contributed by atoms with Gasteiger partial charge in [-0.1, -0.05) is 158 Å². The molecule has 0 spiro atoms. The van der Waals surface area contributed by atoms with Crippen LogP contribution in [0.3, 0.4) is 0 Å². The van der Waals surface area contributed by atoms with Crippen molar-refractivity contribution in [1.82, 2.24) is 4.57 Å². The molecule has 62 heavy (non-hydrogen) atoms. The Morgan fingerprint density at radius 1 is 0.339 bits per heavy atom. The standard InChI is InChI=1S/C57H37F3N2/c58-57(59,60)51-24-12-14-26-54(51)61(42-17-5-2-6-18-42)43-32-27-38(28-33-43)41-31-36-53-50(37-41)45-19-11-13-25-52(45)62(53)44-34-29-40(30-35-44)56-48-22-9-7-20-46(48)55(39-15-3-1-4-16-39)47-21-8-10-23-49(47)56/h1-37H. The zero-order chi connectivity index (χ0) is 41.8. The molecule has 0 bridgehead atoms. The number of halogens is 3. The van der Waals surface area contributed by atoms with Gasteiger partial charge in [-0.3, -0.25) is 0 Å². The molecule has 0 aliphatic heterocycles. The van der Waals surface area contributed by atoms with E-state index >= 15 is 0 Å². The van der Waals surface area contributed by atoms with Gasteiger partial charge in [0.05, 0.1) is 22.3 Å². The minimum Gasteiger partial charge on any atom is -0.310 e. The first-order chi connectivity index (χ1) is 30.4. The van der Waals surface area contributed by atoms with Crippen LogP contribution in [0.4, 0.5) is 30.2 Å². The molecule has 0 atom stereocenters. The summed E-state index contributed by atoms with van der Waals surface area (Å²) in [4.78, 5) is 1.67. The maximum atomic E-state index is 14.3. The summed E-state index contributed by atoms with van der Waals surface area (Å²) < 4.78 is 45.2. The number of aromatic nitrogens is 1. The molecule has 0 saturated carbocycles. The van der Waals surface area contributed by atoms with Crippen LogP contribution < -0.4 is 4.90 Å². The van der Waals surface area contributed by atoms with E-state index in [4.69, 9.17) is 0 Å². The summed E-state index contributed by atoms with van der Waals surface area (Å²) in [6.07, 6.45) is -4.51. The van der Waals surface area contributed by atoms with E-state index in [9.17, 15) is 13.2 Å². The van der Waals surface area contributed by atoms with Gasteiger partial charge in [-0.25, -0.2) is 0 Å². The topological polar surface area (TPSA) is 8.17 Å². The minimum atomic E-state index is -4.51. The van der Waals surface area contributed by atoms with E-state index < -0.39 is 11.7 Å². The number of para-hydroxylation sites is 3. The first-order valence-electron chi connectivity index (χ1n) is 20.7. The molecule has 0 N–H and O–H groups in total. The number of anilines is 3. The predicted molar refractivity (Wildman–Crippen MR) is 252 cm³/mol. The van der Waals surface area contributed by atoms with Gasteiger partial charge in [0.15, 0.2) is 0 Å². The fourth-order valence-electron chi connectivity index (χ4n) is 9.28. The summed E-state index contributed by atoms with van der Waals surface area (Å²) in [6, 6.07) is 74.7. The molecule has 296 valence electrons. The zero-order valence-corrected chi connectivity index (χ0v) is 33.4. The van der Waals surface area contributed by atoms with Gasteiger partial charge in [-0.05, 0) is 122 Å². The molecule has 0 aliphatic carbocycles. The third kappa shape index (κ3) is 6.29. The number of alkyl halides is 3. The van der Waals surface area contributed by atoms with Crippen LogP contribution in [-0.4, -0.2) is 4.57 Å². The molecule has 0 radical (unpaired) electrons. The predicted octanol–water partition coefficient (Wildman–Crippen LogP) is 16.6. The van der Waals surface area contributed by atoms with Crippen LogP contribution in [0.2, 0.25) is 0 Å². The number of nitrogens with zero attached hydrogens (tertiary/aromatic N) is 2. The summed E-state index contributed by atoms with van der Waals surface area (Å²) in [5.74, 6) is 0. The van der Waals surface area contributed by atoms with Crippen LogP contribution in [0, 0.1) is 0 Å². The third-order valence-corrected chi connectivity index (χ3v) is 12.0. The summed E-state index contributed by atoms with van der Waals surface area (Å²) in [5, 5.41) is 7.14. The first kappa shape index (κ1) is 37.1. The molecule has 0 fully saturated rings. The Hall–Kier alpha value is -7.89. The fourth-order valence-corrected chi connectivity index (χ4v) is 9.28. The third-order valence-electron chi connectivity index (χ3n) is 12.0. The normalized spacial score (nSPS) is 11.8. The molecular formula is C57H37F3N2. The summed E-state index contributed by atoms with van der Waals surface area (Å²) >= 11 is 0. The van der Waals surface area contributed by atoms with Crippen molar-refractivity contribution in [2.75, 3.05) is 4.90 Å². The average Bonchev–Trinajstić information content (AvgIpc) is 3.65. The van der Waals surface area contributed by atoms with Crippen molar-refractivity contribution >= 4 is 60.4 Å². The number of hydrogen-bond acceptors (Lipinski definition) is 1. The van der Waals surface area contributed by atoms with Crippen molar-refractivity contribution in [2.24, 2.45) is 0 Å². The Bertz CT molecular complexity index is 3370. The highest BCUT2D eigenvalue weighted by Crippen LogP contribution is 2.46. The second-order valence-corrected chi connectivity index (χ2v) is 15.6. The Labute approximate surface area is 357 Å². The van der Waals surface area contributed by atoms with Crippen LogP contribution >= 0.6 is 0 Å². The maximum absolute atomic E-state index is 14.3. The molecule has 11 rings (SSSR count). The highest BCUT2D eigenvalue weighted by molar-refractivity contribution is 6.21. The van der Waals surface area contributed by atoms with E-state index in [1.807, 2.05) is 54.6 Å². The Balaban J connectivity index is 0.988. The second kappa shape index (κ2) is 15.0. The molecule has 0 saturated heterocycles. The number of hydrogen-bond donors (Lipinski definition) is 0. The van der Waals surface area contributed by atoms with Crippen molar-refractivity contribution in [3.63, 3.8) is 0 Å². The highest BCUT2D eigenvalue weighted by Gasteiger charge is 2.35. The minimum absolute atomic E-state index is 0.0730. The van der Waals surface area contributed by atoms with Crippen LogP contribution in [0.5, 0.6) is 0 Å². The van der Waals surface area contributed by atoms with Crippen LogP contribution in [-0.2, 0) is 6.18 Å². The fraction of sp³-hybridized carbons (Fsp3) is 0.0175. The van der Waals surface area contributed by atoms with Crippen molar-refractivity contribution in [3.8, 4) is 39.1 Å². The summed E-state index contributed by atoms with van der Waals surface area (Å²) in [6.45, 7) is 0. The number of rotatable bonds is 7. The Kier molecular flexibility index (Phi) is 8.97. The van der Waals surface area contributed by atoms with Gasteiger partial charge < -0.3 is 9.47 Å². The van der Waals surface area contributed by atoms with Gasteiger partial charge in [-0.2, -0.15) is 13.2 Å². The lowest BCUT2D eigenvalue weighted by Crippen LogP contribution is -2.16. The monoisotopic (exact) mass is 806 g/mol. The van der Waals surface area contributed by atoms with Gasteiger partial charge in [0.2, 0.25) is 0 Å². The van der Waals surface area contributed by atoms with Gasteiger partial charge in [0.1, 0.15) is 0 Å². The molecule has 1 heterocycles. The van der Waals surface area contributed by atoms with Crippen molar-refractivity contribution in [1.29, 1.82) is 0 Å². The van der Waals surface area contributed by atoms with E-state index in [1.165, 1.54) is 50.4 Å². The largest absolute Gasteiger partial charge is 0.418 e. The van der Waals surface area contributed by atoms with Crippen LogP contribution in [0.25, 0.3) is 82.4 Å². The molecule has 10 aromatic carbocycles. The van der Waals surface area contributed by atoms with Crippen molar-refractivity contribution in [2.45, 2.75) is 6.18 Å². The van der Waals surface area contributed by atoms with E-state index in [1.54, 1.807) is 11.0 Å². The summed E-state index contributed by atoms with van der Waals surface area (Å²) in [7, 11) is 0. The maximum Gasteiger partial charge on any atom is 0.418 e. The molecule has 1 aromatic heterocycles. The Morgan fingerprint density at radius 2 is 0.790 bits per heavy atom. The van der Waals surface area contributed by atoms with Gasteiger partial charge >= 0.3 is 6.18 Å². The summed E-state index contributed by atoms with van der Waals surface area (Å²) in [5.41, 5.74) is 10.7. The number of fused-ring (bicyclic) bond motifs is 5. The molecular weight excluding hydrogens is 770 g/mol. The van der Waals surface area contributed by atoms with Crippen LogP contribution in [0.15, 0.2) is 224 Å². The molecule has 5 heteroatoms. The van der Waals surface area contributed by atoms with Crippen LogP contribution in [0.1, 0.15) is 5.56 Å². The van der Waals surface area contributed by atoms with E-state index in [0.717, 1.165) is 50.2 Å². The molecule has 2 nitrogen and oxygen atoms in total. The zero-order valence-electron chi connectivity index (χ0n) is 33.4. The molecule has 0 aliphatic rings. The van der Waals surface area contributed by atoms with E-state index in [-0.39, 0.29) is 5.69 Å². The van der Waals surface area contributed by atoms with Gasteiger partial charge in [-0.15, -0.1) is 0 Å². The lowest BCUT2D eigenvalue weighted by atomic mass is 9.86. The van der Waals surface area contributed by atoms with E-state index in [2.05, 4.69) is 150 Å². The SMILES string of the molecule is FC(F)(F)c1ccccc1N(c1ccccc1)c1ccc(-c2ccc3c(c2)c2ccccc2n3-c2ccc(-c3c4ccccc4c(-c4ccccc4)c4ccccc34)cc2)cc1.